The van der Waals surface area contributed by atoms with Gasteiger partial charge in [0.2, 0.25) is 11.8 Å². The van der Waals surface area contributed by atoms with Gasteiger partial charge in [-0.3, -0.25) is 19.3 Å². The van der Waals surface area contributed by atoms with E-state index in [-0.39, 0.29) is 12.3 Å². The molecule has 3 aromatic carbocycles. The van der Waals surface area contributed by atoms with Gasteiger partial charge in [-0.15, -0.1) is 0 Å². The molecule has 3 aromatic rings. The van der Waals surface area contributed by atoms with Crippen LogP contribution in [0.3, 0.4) is 0 Å². The van der Waals surface area contributed by atoms with Crippen LogP contribution in [-0.2, 0) is 9.59 Å². The van der Waals surface area contributed by atoms with Crippen LogP contribution < -0.4 is 15.5 Å². The van der Waals surface area contributed by atoms with E-state index in [0.717, 1.165) is 0 Å². The third-order valence-electron chi connectivity index (χ3n) is 4.80. The molecule has 0 radical (unpaired) electrons. The molecule has 0 saturated carbocycles. The topological polar surface area (TPSA) is 78.5 Å². The first-order valence-electron chi connectivity index (χ1n) is 9.37. The minimum atomic E-state index is -1.00. The Hall–Kier alpha value is -3.64. The van der Waals surface area contributed by atoms with Crippen molar-refractivity contribution in [2.75, 3.05) is 15.5 Å². The van der Waals surface area contributed by atoms with Gasteiger partial charge in [0.25, 0.3) is 5.91 Å². The highest BCUT2D eigenvalue weighted by Gasteiger charge is 2.38. The van der Waals surface area contributed by atoms with Gasteiger partial charge in [0, 0.05) is 5.56 Å². The molecular formula is C23H18ClN3O3. The summed E-state index contributed by atoms with van der Waals surface area (Å²) in [4.78, 5) is 40.2. The molecule has 3 amide bonds. The number of hydrogen-bond donors (Lipinski definition) is 2. The van der Waals surface area contributed by atoms with Gasteiger partial charge in [0.1, 0.15) is 6.04 Å². The second-order valence-corrected chi connectivity index (χ2v) is 7.20. The summed E-state index contributed by atoms with van der Waals surface area (Å²) in [6.45, 7) is 0. The number of carbonyl (C=O) groups excluding carboxylic acids is 3. The Labute approximate surface area is 178 Å². The van der Waals surface area contributed by atoms with Gasteiger partial charge in [-0.2, -0.15) is 0 Å². The molecule has 0 spiro atoms. The molecule has 1 atom stereocenters. The van der Waals surface area contributed by atoms with Crippen LogP contribution in [0.15, 0.2) is 78.9 Å². The summed E-state index contributed by atoms with van der Waals surface area (Å²) >= 11 is 6.11. The average Bonchev–Trinajstić information content (AvgIpc) is 2.76. The fourth-order valence-corrected chi connectivity index (χ4v) is 3.57. The van der Waals surface area contributed by atoms with Crippen LogP contribution >= 0.6 is 11.6 Å². The zero-order valence-corrected chi connectivity index (χ0v) is 16.6. The van der Waals surface area contributed by atoms with E-state index in [9.17, 15) is 14.4 Å². The molecule has 2 N–H and O–H groups in total. The number of hydrogen-bond acceptors (Lipinski definition) is 3. The summed E-state index contributed by atoms with van der Waals surface area (Å²) in [7, 11) is 0. The average molecular weight is 420 g/mol. The van der Waals surface area contributed by atoms with Crippen LogP contribution in [0.1, 0.15) is 16.8 Å². The highest BCUT2D eigenvalue weighted by atomic mass is 35.5. The van der Waals surface area contributed by atoms with Gasteiger partial charge < -0.3 is 10.6 Å². The van der Waals surface area contributed by atoms with Crippen LogP contribution in [0.4, 0.5) is 17.1 Å². The Morgan fingerprint density at radius 3 is 2.37 bits per heavy atom. The minimum Gasteiger partial charge on any atom is -0.325 e. The fourth-order valence-electron chi connectivity index (χ4n) is 3.38. The van der Waals surface area contributed by atoms with Crippen molar-refractivity contribution in [3.8, 4) is 0 Å². The van der Waals surface area contributed by atoms with E-state index < -0.39 is 17.9 Å². The number of rotatable bonds is 4. The van der Waals surface area contributed by atoms with Crippen LogP contribution in [0.25, 0.3) is 0 Å². The molecule has 7 heteroatoms. The molecule has 0 fully saturated rings. The predicted molar refractivity (Wildman–Crippen MR) is 117 cm³/mol. The molecule has 1 heterocycles. The number of nitrogens with zero attached hydrogens (tertiary/aromatic N) is 1. The molecule has 0 aliphatic carbocycles. The van der Waals surface area contributed by atoms with E-state index in [1.165, 1.54) is 4.90 Å². The van der Waals surface area contributed by atoms with Gasteiger partial charge in [0.05, 0.1) is 28.5 Å². The minimum absolute atomic E-state index is 0.218. The van der Waals surface area contributed by atoms with Crippen molar-refractivity contribution in [3.63, 3.8) is 0 Å². The van der Waals surface area contributed by atoms with Crippen molar-refractivity contribution in [1.29, 1.82) is 0 Å². The first-order valence-corrected chi connectivity index (χ1v) is 9.75. The molecular weight excluding hydrogens is 402 g/mol. The largest absolute Gasteiger partial charge is 0.325 e. The Bertz CT molecular complexity index is 1120. The normalized spacial score (nSPS) is 15.2. The van der Waals surface area contributed by atoms with Crippen molar-refractivity contribution in [1.82, 2.24) is 0 Å². The summed E-state index contributed by atoms with van der Waals surface area (Å²) in [6.07, 6.45) is -0.218. The van der Waals surface area contributed by atoms with Crippen LogP contribution in [-0.4, -0.2) is 23.8 Å². The molecule has 0 unspecified atom stereocenters. The lowest BCUT2D eigenvalue weighted by atomic mass is 10.0. The van der Waals surface area contributed by atoms with E-state index in [1.807, 2.05) is 6.07 Å². The third-order valence-corrected chi connectivity index (χ3v) is 5.13. The van der Waals surface area contributed by atoms with E-state index in [4.69, 9.17) is 11.6 Å². The Morgan fingerprint density at radius 2 is 1.60 bits per heavy atom. The number of benzene rings is 3. The zero-order valence-electron chi connectivity index (χ0n) is 15.8. The number of amides is 3. The van der Waals surface area contributed by atoms with Crippen molar-refractivity contribution in [3.05, 3.63) is 89.4 Å². The Morgan fingerprint density at radius 1 is 0.933 bits per heavy atom. The summed E-state index contributed by atoms with van der Waals surface area (Å²) in [5.74, 6) is -1.20. The second kappa shape index (κ2) is 8.39. The van der Waals surface area contributed by atoms with Crippen LogP contribution in [0, 0.1) is 0 Å². The third kappa shape index (κ3) is 3.90. The predicted octanol–water partition coefficient (Wildman–Crippen LogP) is 4.34. The molecule has 30 heavy (non-hydrogen) atoms. The van der Waals surface area contributed by atoms with Crippen LogP contribution in [0.5, 0.6) is 0 Å². The molecule has 0 bridgehead atoms. The first-order chi connectivity index (χ1) is 14.5. The number of nitrogens with one attached hydrogen (secondary N) is 2. The zero-order chi connectivity index (χ0) is 21.1. The molecule has 1 aliphatic rings. The van der Waals surface area contributed by atoms with Gasteiger partial charge in [-0.25, -0.2) is 0 Å². The summed E-state index contributed by atoms with van der Waals surface area (Å²) in [5.41, 5.74) is 1.94. The maximum atomic E-state index is 13.3. The molecule has 0 aromatic heterocycles. The van der Waals surface area contributed by atoms with Gasteiger partial charge in [-0.05, 0) is 36.4 Å². The van der Waals surface area contributed by atoms with E-state index >= 15 is 0 Å². The number of fused-ring (bicyclic) bond motifs is 1. The SMILES string of the molecule is O=C(C[C@H]1C(=O)Nc2ccccc2N1C(=O)c1ccccc1)Nc1ccccc1Cl. The summed E-state index contributed by atoms with van der Waals surface area (Å²) in [5, 5.41) is 5.89. The van der Waals surface area contributed by atoms with Gasteiger partial charge in [0.15, 0.2) is 0 Å². The number of carbonyl (C=O) groups is 3. The highest BCUT2D eigenvalue weighted by molar-refractivity contribution is 6.33. The lowest BCUT2D eigenvalue weighted by Crippen LogP contribution is -2.52. The van der Waals surface area contributed by atoms with Crippen molar-refractivity contribution >= 4 is 46.4 Å². The molecule has 0 saturated heterocycles. The monoisotopic (exact) mass is 419 g/mol. The highest BCUT2D eigenvalue weighted by Crippen LogP contribution is 2.34. The van der Waals surface area contributed by atoms with Crippen molar-refractivity contribution < 1.29 is 14.4 Å². The summed E-state index contributed by atoms with van der Waals surface area (Å²) < 4.78 is 0. The number of halogens is 1. The molecule has 6 nitrogen and oxygen atoms in total. The second-order valence-electron chi connectivity index (χ2n) is 6.80. The standard InChI is InChI=1S/C23H18ClN3O3/c24-16-10-4-5-11-17(16)25-21(28)14-20-22(29)26-18-12-6-7-13-19(18)27(20)23(30)15-8-2-1-3-9-15/h1-13,20H,14H2,(H,25,28)(H,26,29)/t20-/m0/s1. The Kier molecular flexibility index (Phi) is 5.50. The number of anilines is 3. The van der Waals surface area contributed by atoms with E-state index in [2.05, 4.69) is 10.6 Å². The van der Waals surface area contributed by atoms with Crippen molar-refractivity contribution in [2.24, 2.45) is 0 Å². The van der Waals surface area contributed by atoms with Gasteiger partial charge >= 0.3 is 0 Å². The lowest BCUT2D eigenvalue weighted by Gasteiger charge is -2.36. The smallest absolute Gasteiger partial charge is 0.259 e. The van der Waals surface area contributed by atoms with Crippen molar-refractivity contribution in [2.45, 2.75) is 12.5 Å². The molecule has 4 rings (SSSR count). The number of para-hydroxylation sites is 3. The molecule has 150 valence electrons. The first kappa shape index (κ1) is 19.7. The quantitative estimate of drug-likeness (QED) is 0.660. The van der Waals surface area contributed by atoms with Gasteiger partial charge in [-0.1, -0.05) is 54.1 Å². The van der Waals surface area contributed by atoms with E-state index in [1.54, 1.807) is 72.8 Å². The maximum Gasteiger partial charge on any atom is 0.259 e. The summed E-state index contributed by atoms with van der Waals surface area (Å²) in [6, 6.07) is 21.5. The van der Waals surface area contributed by atoms with Crippen LogP contribution in [0.2, 0.25) is 5.02 Å². The fraction of sp³-hybridized carbons (Fsp3) is 0.0870. The molecule has 1 aliphatic heterocycles. The Balaban J connectivity index is 1.66. The lowest BCUT2D eigenvalue weighted by molar-refractivity contribution is -0.122. The van der Waals surface area contributed by atoms with E-state index in [0.29, 0.717) is 27.6 Å². The maximum absolute atomic E-state index is 13.3.